The van der Waals surface area contributed by atoms with E-state index >= 15 is 0 Å². The Morgan fingerprint density at radius 1 is 1.22 bits per heavy atom. The summed E-state index contributed by atoms with van der Waals surface area (Å²) >= 11 is 0. The van der Waals surface area contributed by atoms with Crippen molar-refractivity contribution in [1.29, 1.82) is 0 Å². The molecule has 4 rings (SSSR count). The van der Waals surface area contributed by atoms with Crippen LogP contribution in [0, 0.1) is 0 Å². The van der Waals surface area contributed by atoms with Crippen LogP contribution < -0.4 is 10.1 Å². The second-order valence-corrected chi connectivity index (χ2v) is 6.20. The molecule has 0 saturated carbocycles. The summed E-state index contributed by atoms with van der Waals surface area (Å²) in [7, 11) is 1.79. The Labute approximate surface area is 155 Å². The number of nitrogens with zero attached hydrogens (tertiary/aromatic N) is 4. The molecule has 0 bridgehead atoms. The molecule has 8 heteroatoms. The highest BCUT2D eigenvalue weighted by Crippen LogP contribution is 2.21. The number of hydrogen-bond acceptors (Lipinski definition) is 4. The van der Waals surface area contributed by atoms with Gasteiger partial charge in [0.2, 0.25) is 5.88 Å². The van der Waals surface area contributed by atoms with Crippen molar-refractivity contribution in [3.63, 3.8) is 0 Å². The summed E-state index contributed by atoms with van der Waals surface area (Å²) in [6, 6.07) is 9.40. The zero-order valence-corrected chi connectivity index (χ0v) is 14.9. The first-order valence-corrected chi connectivity index (χ1v) is 8.72. The zero-order chi connectivity index (χ0) is 18.6. The fraction of sp³-hybridized carbons (Fsp3) is 0.211. The van der Waals surface area contributed by atoms with E-state index in [2.05, 4.69) is 25.0 Å². The van der Waals surface area contributed by atoms with Gasteiger partial charge in [0.15, 0.2) is 5.82 Å². The molecule has 0 spiro atoms. The zero-order valence-electron chi connectivity index (χ0n) is 14.9. The van der Waals surface area contributed by atoms with Gasteiger partial charge < -0.3 is 19.6 Å². The molecule has 2 N–H and O–H groups in total. The van der Waals surface area contributed by atoms with Gasteiger partial charge in [-0.1, -0.05) is 0 Å². The largest absolute Gasteiger partial charge is 0.478 e. The van der Waals surface area contributed by atoms with Crippen LogP contribution in [0.4, 0.5) is 5.82 Å². The number of aromatic nitrogens is 5. The average Bonchev–Trinajstić information content (AvgIpc) is 3.39. The highest BCUT2D eigenvalue weighted by atomic mass is 16.5. The second kappa shape index (κ2) is 7.36. The van der Waals surface area contributed by atoms with Gasteiger partial charge in [-0.3, -0.25) is 9.48 Å². The van der Waals surface area contributed by atoms with Crippen LogP contribution in [0.15, 0.2) is 55.1 Å². The highest BCUT2D eigenvalue weighted by molar-refractivity contribution is 6.11. The lowest BCUT2D eigenvalue weighted by atomic mass is 10.2. The Morgan fingerprint density at radius 2 is 2.07 bits per heavy atom. The summed E-state index contributed by atoms with van der Waals surface area (Å²) in [5.74, 6) is 0.730. The number of pyridine rings is 1. The Hall–Kier alpha value is -3.55. The van der Waals surface area contributed by atoms with Gasteiger partial charge in [-0.05, 0) is 24.6 Å². The molecule has 0 radical (unpaired) electrons. The summed E-state index contributed by atoms with van der Waals surface area (Å²) in [6.07, 6.45) is 8.33. The van der Waals surface area contributed by atoms with Crippen molar-refractivity contribution in [2.75, 3.05) is 11.9 Å². The second-order valence-electron chi connectivity index (χ2n) is 6.20. The van der Waals surface area contributed by atoms with E-state index in [-0.39, 0.29) is 5.91 Å². The molecule has 1 amide bonds. The normalized spacial score (nSPS) is 11.0. The maximum absolute atomic E-state index is 12.5. The fourth-order valence-corrected chi connectivity index (χ4v) is 2.84. The quantitative estimate of drug-likeness (QED) is 0.494. The molecule has 4 aromatic heterocycles. The third kappa shape index (κ3) is 3.84. The Bertz CT molecular complexity index is 1050. The van der Waals surface area contributed by atoms with Crippen LogP contribution in [-0.4, -0.2) is 36.8 Å². The van der Waals surface area contributed by atoms with Crippen molar-refractivity contribution >= 4 is 22.8 Å². The minimum atomic E-state index is -0.266. The fourth-order valence-electron chi connectivity index (χ4n) is 2.84. The summed E-state index contributed by atoms with van der Waals surface area (Å²) in [4.78, 5) is 20.1. The first-order valence-electron chi connectivity index (χ1n) is 8.72. The molecule has 4 heterocycles. The van der Waals surface area contributed by atoms with Crippen LogP contribution >= 0.6 is 0 Å². The van der Waals surface area contributed by atoms with Crippen molar-refractivity contribution < 1.29 is 9.53 Å². The SMILES string of the molecule is Cn1ccc(NC(=O)c2c[nH]c3ccc(OCCCn4cccc4)nc23)n1. The molecule has 0 atom stereocenters. The number of anilines is 1. The first-order chi connectivity index (χ1) is 13.2. The molecule has 0 aliphatic heterocycles. The number of rotatable bonds is 7. The van der Waals surface area contributed by atoms with Crippen LogP contribution in [0.1, 0.15) is 16.8 Å². The maximum Gasteiger partial charge on any atom is 0.260 e. The molecule has 0 saturated heterocycles. The van der Waals surface area contributed by atoms with E-state index in [1.807, 2.05) is 30.6 Å². The summed E-state index contributed by atoms with van der Waals surface area (Å²) in [5.41, 5.74) is 1.81. The molecule has 0 aliphatic rings. The average molecular weight is 364 g/mol. The lowest BCUT2D eigenvalue weighted by Crippen LogP contribution is -2.12. The summed E-state index contributed by atoms with van der Waals surface area (Å²) in [6.45, 7) is 1.44. The number of amides is 1. The van der Waals surface area contributed by atoms with Gasteiger partial charge in [0.05, 0.1) is 17.7 Å². The number of ether oxygens (including phenoxy) is 1. The van der Waals surface area contributed by atoms with Crippen molar-refractivity contribution in [2.45, 2.75) is 13.0 Å². The molecular formula is C19H20N6O2. The number of H-pyrrole nitrogens is 1. The molecule has 0 aromatic carbocycles. The number of aryl methyl sites for hydroxylation is 2. The lowest BCUT2D eigenvalue weighted by molar-refractivity contribution is 0.102. The Morgan fingerprint density at radius 3 is 2.85 bits per heavy atom. The van der Waals surface area contributed by atoms with E-state index in [0.717, 1.165) is 18.5 Å². The van der Waals surface area contributed by atoms with Crippen LogP contribution in [0.25, 0.3) is 11.0 Å². The first kappa shape index (κ1) is 16.9. The van der Waals surface area contributed by atoms with Crippen molar-refractivity contribution in [2.24, 2.45) is 7.05 Å². The van der Waals surface area contributed by atoms with Crippen molar-refractivity contribution in [3.05, 3.63) is 60.7 Å². The molecular weight excluding hydrogens is 344 g/mol. The lowest BCUT2D eigenvalue weighted by Gasteiger charge is -2.06. The number of hydrogen-bond donors (Lipinski definition) is 2. The topological polar surface area (TPSA) is 89.8 Å². The number of carbonyl (C=O) groups is 1. The van der Waals surface area contributed by atoms with Crippen LogP contribution in [0.2, 0.25) is 0 Å². The van der Waals surface area contributed by atoms with Gasteiger partial charge >= 0.3 is 0 Å². The molecule has 8 nitrogen and oxygen atoms in total. The molecule has 0 aliphatic carbocycles. The number of carbonyl (C=O) groups excluding carboxylic acids is 1. The molecule has 27 heavy (non-hydrogen) atoms. The van der Waals surface area contributed by atoms with E-state index in [0.29, 0.717) is 29.4 Å². The van der Waals surface area contributed by atoms with Crippen LogP contribution in [0.5, 0.6) is 5.88 Å². The maximum atomic E-state index is 12.5. The molecule has 138 valence electrons. The molecule has 0 fully saturated rings. The van der Waals surface area contributed by atoms with Gasteiger partial charge in [-0.15, -0.1) is 0 Å². The minimum Gasteiger partial charge on any atom is -0.478 e. The van der Waals surface area contributed by atoms with Gasteiger partial charge in [0.1, 0.15) is 5.52 Å². The van der Waals surface area contributed by atoms with Gasteiger partial charge in [0, 0.05) is 50.5 Å². The molecule has 0 unspecified atom stereocenters. The highest BCUT2D eigenvalue weighted by Gasteiger charge is 2.15. The number of fused-ring (bicyclic) bond motifs is 1. The standard InChI is InChI=1S/C19H20N6O2/c1-24-11-7-16(23-24)21-19(26)14-13-20-15-5-6-17(22-18(14)15)27-12-4-10-25-8-2-3-9-25/h2-3,5-9,11,13,20H,4,10,12H2,1H3,(H,21,23,26). The van der Waals surface area contributed by atoms with E-state index in [1.54, 1.807) is 36.3 Å². The number of nitrogens with one attached hydrogen (secondary N) is 2. The summed E-state index contributed by atoms with van der Waals surface area (Å²) in [5, 5.41) is 6.93. The van der Waals surface area contributed by atoms with E-state index in [1.165, 1.54) is 0 Å². The summed E-state index contributed by atoms with van der Waals surface area (Å²) < 4.78 is 9.48. The predicted molar refractivity (Wildman–Crippen MR) is 102 cm³/mol. The predicted octanol–water partition coefficient (Wildman–Crippen LogP) is 2.82. The van der Waals surface area contributed by atoms with Gasteiger partial charge in [-0.2, -0.15) is 5.10 Å². The van der Waals surface area contributed by atoms with Crippen molar-refractivity contribution in [1.82, 2.24) is 24.3 Å². The molecule has 4 aromatic rings. The monoisotopic (exact) mass is 364 g/mol. The van der Waals surface area contributed by atoms with E-state index < -0.39 is 0 Å². The van der Waals surface area contributed by atoms with Gasteiger partial charge in [0.25, 0.3) is 5.91 Å². The third-order valence-electron chi connectivity index (χ3n) is 4.17. The van der Waals surface area contributed by atoms with Gasteiger partial charge in [-0.25, -0.2) is 4.98 Å². The van der Waals surface area contributed by atoms with E-state index in [4.69, 9.17) is 4.74 Å². The minimum absolute atomic E-state index is 0.266. The smallest absolute Gasteiger partial charge is 0.260 e. The van der Waals surface area contributed by atoms with E-state index in [9.17, 15) is 4.79 Å². The van der Waals surface area contributed by atoms with Crippen LogP contribution in [-0.2, 0) is 13.6 Å². The van der Waals surface area contributed by atoms with Crippen molar-refractivity contribution in [3.8, 4) is 5.88 Å². The number of aromatic amines is 1. The third-order valence-corrected chi connectivity index (χ3v) is 4.17. The Kier molecular flexibility index (Phi) is 4.61. The Balaban J connectivity index is 1.43. The van der Waals surface area contributed by atoms with Crippen LogP contribution in [0.3, 0.4) is 0 Å².